The Morgan fingerprint density at radius 3 is 1.50 bits per heavy atom. The lowest BCUT2D eigenvalue weighted by atomic mass is 10.2. The number of nitrogens with zero attached hydrogens (tertiary/aromatic N) is 1. The van der Waals surface area contributed by atoms with E-state index in [4.69, 9.17) is 4.43 Å². The molecule has 34 heavy (non-hydrogen) atoms. The van der Waals surface area contributed by atoms with Crippen LogP contribution in [0.1, 0.15) is 0 Å². The minimum Gasteiger partial charge on any atom is -0.408 e. The van der Waals surface area contributed by atoms with Gasteiger partial charge in [-0.25, -0.2) is 0 Å². The van der Waals surface area contributed by atoms with Crippen LogP contribution in [0, 0.1) is 0 Å². The second kappa shape index (κ2) is 8.45. The van der Waals surface area contributed by atoms with Gasteiger partial charge in [0, 0.05) is 23.6 Å². The molecule has 164 valence electrons. The summed E-state index contributed by atoms with van der Waals surface area (Å²) in [6.07, 6.45) is 0. The monoisotopic (exact) mass is 455 g/mol. The summed E-state index contributed by atoms with van der Waals surface area (Å²) in [5.74, 6) is 0. The van der Waals surface area contributed by atoms with Gasteiger partial charge in [-0.1, -0.05) is 109 Å². The summed E-state index contributed by atoms with van der Waals surface area (Å²) in [6.45, 7) is 0. The van der Waals surface area contributed by atoms with Crippen molar-refractivity contribution in [1.29, 1.82) is 0 Å². The average molecular weight is 456 g/mol. The van der Waals surface area contributed by atoms with Crippen LogP contribution in [0.4, 0.5) is 0 Å². The highest BCUT2D eigenvalue weighted by molar-refractivity contribution is 7.07. The first kappa shape index (κ1) is 20.7. The van der Waals surface area contributed by atoms with E-state index in [9.17, 15) is 0 Å². The summed E-state index contributed by atoms with van der Waals surface area (Å²) >= 11 is 0. The van der Waals surface area contributed by atoms with E-state index in [1.165, 1.54) is 37.4 Å². The molecular weight excluding hydrogens is 430 g/mol. The van der Waals surface area contributed by atoms with E-state index < -0.39 is 8.32 Å². The lowest BCUT2D eigenvalue weighted by Crippen LogP contribution is -2.68. The number of rotatable bonds is 5. The molecule has 0 saturated carbocycles. The van der Waals surface area contributed by atoms with Crippen LogP contribution in [-0.4, -0.2) is 20.0 Å². The van der Waals surface area contributed by atoms with Crippen molar-refractivity contribution >= 4 is 45.7 Å². The highest BCUT2D eigenvalue weighted by atomic mass is 28.4. The highest BCUT2D eigenvalue weighted by Gasteiger charge is 2.41. The predicted molar refractivity (Wildman–Crippen MR) is 145 cm³/mol. The molecule has 0 N–H and O–H groups in total. The Morgan fingerprint density at radius 1 is 0.500 bits per heavy atom. The second-order valence-electron chi connectivity index (χ2n) is 8.54. The molecule has 0 aliphatic heterocycles. The Kier molecular flexibility index (Phi) is 5.14. The first-order valence-corrected chi connectivity index (χ1v) is 13.5. The van der Waals surface area contributed by atoms with Gasteiger partial charge in [0.25, 0.3) is 8.32 Å². The Labute approximate surface area is 200 Å². The molecule has 0 amide bonds. The topological polar surface area (TPSA) is 14.2 Å². The van der Waals surface area contributed by atoms with Crippen molar-refractivity contribution in [3.63, 3.8) is 0 Å². The van der Waals surface area contributed by atoms with E-state index in [1.807, 2.05) is 7.11 Å². The number of benzene rings is 5. The van der Waals surface area contributed by atoms with Crippen LogP contribution in [0.5, 0.6) is 0 Å². The van der Waals surface area contributed by atoms with Crippen LogP contribution >= 0.6 is 0 Å². The van der Waals surface area contributed by atoms with Gasteiger partial charge in [-0.15, -0.1) is 0 Å². The SMILES string of the molecule is CO[Si](c1ccccc1)(c1ccccc1)c1cccc(-n2c3ccccc3c3ccccc32)c1. The minimum atomic E-state index is -2.69. The van der Waals surface area contributed by atoms with Crippen molar-refractivity contribution in [2.24, 2.45) is 0 Å². The van der Waals surface area contributed by atoms with Crippen LogP contribution in [-0.2, 0) is 4.43 Å². The molecule has 1 aromatic heterocycles. The van der Waals surface area contributed by atoms with Crippen molar-refractivity contribution in [3.8, 4) is 5.69 Å². The Hall–Kier alpha value is -3.92. The van der Waals surface area contributed by atoms with E-state index in [0.717, 1.165) is 5.69 Å². The number of hydrogen-bond acceptors (Lipinski definition) is 1. The molecule has 6 rings (SSSR count). The van der Waals surface area contributed by atoms with Gasteiger partial charge in [0.05, 0.1) is 11.0 Å². The fourth-order valence-electron chi connectivity index (χ4n) is 5.26. The van der Waals surface area contributed by atoms with Crippen molar-refractivity contribution in [1.82, 2.24) is 4.57 Å². The number of fused-ring (bicyclic) bond motifs is 3. The molecule has 0 aliphatic carbocycles. The summed E-state index contributed by atoms with van der Waals surface area (Å²) in [7, 11) is -0.830. The molecule has 0 bridgehead atoms. The third-order valence-corrected chi connectivity index (χ3v) is 10.8. The van der Waals surface area contributed by atoms with Crippen molar-refractivity contribution in [2.45, 2.75) is 0 Å². The zero-order chi connectivity index (χ0) is 23.0. The third-order valence-electron chi connectivity index (χ3n) is 6.76. The minimum absolute atomic E-state index is 1.15. The first-order valence-electron chi connectivity index (χ1n) is 11.6. The van der Waals surface area contributed by atoms with Crippen LogP contribution in [0.2, 0.25) is 0 Å². The predicted octanol–water partition coefficient (Wildman–Crippen LogP) is 5.40. The fourth-order valence-corrected chi connectivity index (χ4v) is 8.98. The molecule has 0 radical (unpaired) electrons. The van der Waals surface area contributed by atoms with Gasteiger partial charge in [0.15, 0.2) is 0 Å². The van der Waals surface area contributed by atoms with E-state index in [2.05, 4.69) is 138 Å². The van der Waals surface area contributed by atoms with Gasteiger partial charge in [-0.3, -0.25) is 0 Å². The quantitative estimate of drug-likeness (QED) is 0.251. The molecule has 0 saturated heterocycles. The summed E-state index contributed by atoms with van der Waals surface area (Å²) in [4.78, 5) is 0. The molecule has 5 aromatic carbocycles. The molecule has 2 nitrogen and oxygen atoms in total. The van der Waals surface area contributed by atoms with Gasteiger partial charge in [-0.05, 0) is 39.8 Å². The maximum absolute atomic E-state index is 6.57. The van der Waals surface area contributed by atoms with Crippen molar-refractivity contribution < 1.29 is 4.43 Å². The largest absolute Gasteiger partial charge is 0.408 e. The maximum Gasteiger partial charge on any atom is 0.288 e. The molecule has 6 aromatic rings. The smallest absolute Gasteiger partial charge is 0.288 e. The highest BCUT2D eigenvalue weighted by Crippen LogP contribution is 2.31. The maximum atomic E-state index is 6.57. The molecule has 0 aliphatic rings. The van der Waals surface area contributed by atoms with E-state index in [-0.39, 0.29) is 0 Å². The van der Waals surface area contributed by atoms with E-state index >= 15 is 0 Å². The first-order chi connectivity index (χ1) is 16.8. The van der Waals surface area contributed by atoms with Crippen LogP contribution < -0.4 is 15.6 Å². The summed E-state index contributed by atoms with van der Waals surface area (Å²) < 4.78 is 8.95. The Morgan fingerprint density at radius 2 is 0.971 bits per heavy atom. The van der Waals surface area contributed by atoms with E-state index in [0.29, 0.717) is 0 Å². The van der Waals surface area contributed by atoms with Crippen LogP contribution in [0.25, 0.3) is 27.5 Å². The molecule has 1 heterocycles. The molecule has 0 spiro atoms. The number of hydrogen-bond donors (Lipinski definition) is 0. The average Bonchev–Trinajstić information content (AvgIpc) is 3.25. The van der Waals surface area contributed by atoms with Gasteiger partial charge < -0.3 is 8.99 Å². The summed E-state index contributed by atoms with van der Waals surface area (Å²) in [5, 5.41) is 6.24. The van der Waals surface area contributed by atoms with Gasteiger partial charge in [-0.2, -0.15) is 0 Å². The van der Waals surface area contributed by atoms with Crippen LogP contribution in [0.15, 0.2) is 133 Å². The zero-order valence-corrected chi connectivity index (χ0v) is 20.1. The third kappa shape index (κ3) is 3.13. The van der Waals surface area contributed by atoms with E-state index in [1.54, 1.807) is 0 Å². The van der Waals surface area contributed by atoms with Crippen molar-refractivity contribution in [2.75, 3.05) is 7.11 Å². The van der Waals surface area contributed by atoms with Gasteiger partial charge >= 0.3 is 0 Å². The fraction of sp³-hybridized carbons (Fsp3) is 0.0323. The molecule has 0 atom stereocenters. The Balaban J connectivity index is 1.65. The standard InChI is InChI=1S/C31H25NOSi/c1-33-34(25-14-4-2-5-15-25,26-16-6-3-7-17-26)27-18-12-13-24(23-27)32-30-21-10-8-19-28(30)29-20-9-11-22-31(29)32/h2-23H,1H3. The molecule has 3 heteroatoms. The Bertz CT molecular complexity index is 1500. The molecule has 0 fully saturated rings. The van der Waals surface area contributed by atoms with Crippen LogP contribution in [0.3, 0.4) is 0 Å². The molecular formula is C31H25NOSi. The second-order valence-corrected chi connectivity index (χ2v) is 12.0. The van der Waals surface area contributed by atoms with Gasteiger partial charge in [0.2, 0.25) is 0 Å². The van der Waals surface area contributed by atoms with Crippen molar-refractivity contribution in [3.05, 3.63) is 133 Å². The number of para-hydroxylation sites is 2. The van der Waals surface area contributed by atoms with Gasteiger partial charge in [0.1, 0.15) is 0 Å². The summed E-state index contributed by atoms with van der Waals surface area (Å²) in [5.41, 5.74) is 3.57. The lowest BCUT2D eigenvalue weighted by Gasteiger charge is -2.31. The normalized spacial score (nSPS) is 11.8. The zero-order valence-electron chi connectivity index (χ0n) is 19.1. The molecule has 0 unspecified atom stereocenters. The summed E-state index contributed by atoms with van der Waals surface area (Å²) in [6, 6.07) is 47.6. The lowest BCUT2D eigenvalue weighted by molar-refractivity contribution is 0.426. The number of aromatic nitrogens is 1.